The van der Waals surface area contributed by atoms with Gasteiger partial charge in [-0.25, -0.2) is 13.1 Å². The van der Waals surface area contributed by atoms with Crippen LogP contribution in [-0.4, -0.2) is 25.7 Å². The second-order valence-electron chi connectivity index (χ2n) is 5.82. The second kappa shape index (κ2) is 6.54. The Kier molecular flexibility index (Phi) is 5.36. The molecule has 7 heteroatoms. The first-order valence-corrected chi connectivity index (χ1v) is 9.53. The van der Waals surface area contributed by atoms with E-state index in [0.29, 0.717) is 18.8 Å². The van der Waals surface area contributed by atoms with Crippen LogP contribution in [0.3, 0.4) is 0 Å². The molecule has 0 aromatic heterocycles. The van der Waals surface area contributed by atoms with E-state index in [1.165, 1.54) is 6.07 Å². The van der Waals surface area contributed by atoms with Gasteiger partial charge in [0.1, 0.15) is 4.90 Å². The van der Waals surface area contributed by atoms with Crippen LogP contribution in [0.4, 0.5) is 0 Å². The van der Waals surface area contributed by atoms with Gasteiger partial charge in [-0.1, -0.05) is 47.3 Å². The molecule has 0 aliphatic heterocycles. The molecule has 118 valence electrons. The summed E-state index contributed by atoms with van der Waals surface area (Å²) in [7, 11) is -3.76. The predicted molar refractivity (Wildman–Crippen MR) is 86.9 cm³/mol. The molecule has 2 unspecified atom stereocenters. The summed E-state index contributed by atoms with van der Waals surface area (Å²) in [5.41, 5.74) is -0.785. The summed E-state index contributed by atoms with van der Waals surface area (Å²) in [6.07, 6.45) is 3.24. The van der Waals surface area contributed by atoms with Crippen LogP contribution in [0, 0.1) is 5.92 Å². The van der Waals surface area contributed by atoms with Crippen molar-refractivity contribution in [3.8, 4) is 0 Å². The SMILES string of the molecule is CC1CCCC(CO)(NS(=O)(=O)c2ccc(Br)cc2Cl)C1. The summed E-state index contributed by atoms with van der Waals surface area (Å²) in [4.78, 5) is 0.0402. The third kappa shape index (κ3) is 3.99. The lowest BCUT2D eigenvalue weighted by Gasteiger charge is -2.39. The standard InChI is InChI=1S/C14H19BrClNO3S/c1-10-3-2-6-14(8-10,9-18)17-21(19,20)13-5-4-11(15)7-12(13)16/h4-5,7,10,17-18H,2-3,6,8-9H2,1H3. The van der Waals surface area contributed by atoms with Gasteiger partial charge in [-0.3, -0.25) is 0 Å². The van der Waals surface area contributed by atoms with Crippen molar-refractivity contribution in [3.63, 3.8) is 0 Å². The highest BCUT2D eigenvalue weighted by atomic mass is 79.9. The van der Waals surface area contributed by atoms with E-state index >= 15 is 0 Å². The van der Waals surface area contributed by atoms with Gasteiger partial charge in [-0.05, 0) is 37.0 Å². The summed E-state index contributed by atoms with van der Waals surface area (Å²) in [6, 6.07) is 4.65. The van der Waals surface area contributed by atoms with Crippen molar-refractivity contribution in [2.75, 3.05) is 6.61 Å². The van der Waals surface area contributed by atoms with Gasteiger partial charge in [0, 0.05) is 4.47 Å². The lowest BCUT2D eigenvalue weighted by molar-refractivity contribution is 0.120. The number of hydrogen-bond acceptors (Lipinski definition) is 3. The molecule has 21 heavy (non-hydrogen) atoms. The Labute approximate surface area is 139 Å². The molecule has 1 aliphatic rings. The van der Waals surface area contributed by atoms with E-state index in [4.69, 9.17) is 11.6 Å². The van der Waals surface area contributed by atoms with Crippen LogP contribution in [0.15, 0.2) is 27.6 Å². The van der Waals surface area contributed by atoms with Crippen molar-refractivity contribution in [3.05, 3.63) is 27.7 Å². The van der Waals surface area contributed by atoms with Crippen LogP contribution in [0.1, 0.15) is 32.6 Å². The van der Waals surface area contributed by atoms with Gasteiger partial charge in [0.2, 0.25) is 10.0 Å². The van der Waals surface area contributed by atoms with Crippen molar-refractivity contribution in [1.82, 2.24) is 4.72 Å². The molecule has 0 amide bonds. The zero-order valence-electron chi connectivity index (χ0n) is 11.8. The molecule has 0 bridgehead atoms. The average molecular weight is 397 g/mol. The first-order chi connectivity index (χ1) is 9.78. The highest BCUT2D eigenvalue weighted by molar-refractivity contribution is 9.10. The van der Waals surface area contributed by atoms with Crippen LogP contribution in [-0.2, 0) is 10.0 Å². The molecule has 1 fully saturated rings. The van der Waals surface area contributed by atoms with Gasteiger partial charge in [-0.15, -0.1) is 0 Å². The smallest absolute Gasteiger partial charge is 0.242 e. The fraction of sp³-hybridized carbons (Fsp3) is 0.571. The second-order valence-corrected chi connectivity index (χ2v) is 8.79. The Morgan fingerprint density at radius 1 is 1.52 bits per heavy atom. The minimum absolute atomic E-state index is 0.0402. The molecular weight excluding hydrogens is 378 g/mol. The van der Waals surface area contributed by atoms with E-state index in [0.717, 1.165) is 17.3 Å². The summed E-state index contributed by atoms with van der Waals surface area (Å²) < 4.78 is 28.6. The predicted octanol–water partition coefficient (Wildman–Crippen LogP) is 3.32. The molecule has 1 aliphatic carbocycles. The van der Waals surface area contributed by atoms with Gasteiger partial charge in [0.15, 0.2) is 0 Å². The van der Waals surface area contributed by atoms with Crippen LogP contribution in [0.25, 0.3) is 0 Å². The van der Waals surface area contributed by atoms with Crippen molar-refractivity contribution < 1.29 is 13.5 Å². The maximum atomic E-state index is 12.6. The molecule has 0 spiro atoms. The van der Waals surface area contributed by atoms with Crippen molar-refractivity contribution in [2.24, 2.45) is 5.92 Å². The molecule has 0 radical (unpaired) electrons. The first kappa shape index (κ1) is 17.2. The van der Waals surface area contributed by atoms with Gasteiger partial charge in [0.05, 0.1) is 17.2 Å². The number of sulfonamides is 1. The number of hydrogen-bond donors (Lipinski definition) is 2. The fourth-order valence-corrected chi connectivity index (χ4v) is 5.43. The molecular formula is C14H19BrClNO3S. The highest BCUT2D eigenvalue weighted by Crippen LogP contribution is 2.34. The molecule has 2 rings (SSSR count). The normalized spacial score (nSPS) is 26.8. The Bertz CT molecular complexity index is 623. The molecule has 1 aromatic rings. The zero-order chi connectivity index (χ0) is 15.7. The van der Waals surface area contributed by atoms with E-state index in [9.17, 15) is 13.5 Å². The van der Waals surface area contributed by atoms with Gasteiger partial charge in [0.25, 0.3) is 0 Å². The van der Waals surface area contributed by atoms with E-state index < -0.39 is 15.6 Å². The minimum atomic E-state index is -3.76. The Balaban J connectivity index is 2.31. The quantitative estimate of drug-likeness (QED) is 0.820. The zero-order valence-corrected chi connectivity index (χ0v) is 14.9. The van der Waals surface area contributed by atoms with Gasteiger partial charge < -0.3 is 5.11 Å². The van der Waals surface area contributed by atoms with Crippen LogP contribution < -0.4 is 4.72 Å². The van der Waals surface area contributed by atoms with Crippen molar-refractivity contribution in [1.29, 1.82) is 0 Å². The van der Waals surface area contributed by atoms with Crippen LogP contribution in [0.2, 0.25) is 5.02 Å². The monoisotopic (exact) mass is 395 g/mol. The lowest BCUT2D eigenvalue weighted by atomic mass is 9.78. The van der Waals surface area contributed by atoms with Crippen LogP contribution >= 0.6 is 27.5 Å². The number of benzene rings is 1. The first-order valence-electron chi connectivity index (χ1n) is 6.88. The van der Waals surface area contributed by atoms with E-state index in [1.807, 2.05) is 0 Å². The largest absolute Gasteiger partial charge is 0.394 e. The molecule has 0 saturated heterocycles. The molecule has 2 atom stereocenters. The summed E-state index contributed by atoms with van der Waals surface area (Å²) in [6.45, 7) is 1.87. The molecule has 1 aromatic carbocycles. The lowest BCUT2D eigenvalue weighted by Crippen LogP contribution is -2.53. The highest BCUT2D eigenvalue weighted by Gasteiger charge is 2.38. The van der Waals surface area contributed by atoms with Crippen molar-refractivity contribution in [2.45, 2.75) is 43.0 Å². The number of rotatable bonds is 4. The molecule has 0 heterocycles. The third-order valence-electron chi connectivity index (χ3n) is 3.93. The molecule has 1 saturated carbocycles. The Hall–Kier alpha value is -0.140. The number of aliphatic hydroxyl groups excluding tert-OH is 1. The fourth-order valence-electron chi connectivity index (χ4n) is 2.96. The van der Waals surface area contributed by atoms with E-state index in [2.05, 4.69) is 27.6 Å². The van der Waals surface area contributed by atoms with Gasteiger partial charge in [-0.2, -0.15) is 0 Å². The summed E-state index contributed by atoms with van der Waals surface area (Å²) in [5.74, 6) is 0.383. The Morgan fingerprint density at radius 2 is 2.24 bits per heavy atom. The van der Waals surface area contributed by atoms with E-state index in [1.54, 1.807) is 12.1 Å². The van der Waals surface area contributed by atoms with E-state index in [-0.39, 0.29) is 16.5 Å². The number of halogens is 2. The number of nitrogens with one attached hydrogen (secondary N) is 1. The van der Waals surface area contributed by atoms with Crippen LogP contribution in [0.5, 0.6) is 0 Å². The minimum Gasteiger partial charge on any atom is -0.394 e. The van der Waals surface area contributed by atoms with Gasteiger partial charge >= 0.3 is 0 Å². The molecule has 4 nitrogen and oxygen atoms in total. The Morgan fingerprint density at radius 3 is 2.81 bits per heavy atom. The maximum absolute atomic E-state index is 12.6. The molecule has 2 N–H and O–H groups in total. The number of aliphatic hydroxyl groups is 1. The van der Waals surface area contributed by atoms with Crippen molar-refractivity contribution >= 4 is 37.6 Å². The summed E-state index contributed by atoms with van der Waals surface area (Å²) >= 11 is 9.29. The summed E-state index contributed by atoms with van der Waals surface area (Å²) in [5, 5.41) is 9.88. The third-order valence-corrected chi connectivity index (χ3v) is 6.48. The average Bonchev–Trinajstić information content (AvgIpc) is 2.37. The maximum Gasteiger partial charge on any atom is 0.242 e. The topological polar surface area (TPSA) is 66.4 Å².